The van der Waals surface area contributed by atoms with Gasteiger partial charge in [0.25, 0.3) is 5.56 Å². The molecule has 9 nitrogen and oxygen atoms in total. The first kappa shape index (κ1) is 18.9. The topological polar surface area (TPSA) is 107 Å². The van der Waals surface area contributed by atoms with Gasteiger partial charge in [0.2, 0.25) is 5.16 Å². The van der Waals surface area contributed by atoms with E-state index in [0.29, 0.717) is 21.6 Å². The molecule has 0 aliphatic rings. The molecule has 0 amide bonds. The van der Waals surface area contributed by atoms with Crippen LogP contribution in [-0.2, 0) is 7.05 Å². The van der Waals surface area contributed by atoms with E-state index in [1.165, 1.54) is 4.68 Å². The van der Waals surface area contributed by atoms with Gasteiger partial charge in [-0.25, -0.2) is 9.67 Å². The minimum Gasteiger partial charge on any atom is -0.283 e. The number of nitrogens with zero attached hydrogens (tertiary/aromatic N) is 8. The zero-order valence-electron chi connectivity index (χ0n) is 15.3. The van der Waals surface area contributed by atoms with Crippen LogP contribution >= 0.6 is 23.4 Å². The maximum Gasteiger partial charge on any atom is 0.297 e. The molecule has 3 aromatic heterocycles. The Morgan fingerprint density at radius 2 is 1.93 bits per heavy atom. The molecule has 4 rings (SSSR count). The maximum absolute atomic E-state index is 13.2. The Bertz CT molecular complexity index is 1300. The number of para-hydroxylation sites is 1. The lowest BCUT2D eigenvalue weighted by molar-refractivity contribution is 0.630. The van der Waals surface area contributed by atoms with E-state index in [-0.39, 0.29) is 16.3 Å². The highest BCUT2D eigenvalue weighted by Gasteiger charge is 2.22. The van der Waals surface area contributed by atoms with Gasteiger partial charge >= 0.3 is 0 Å². The van der Waals surface area contributed by atoms with Gasteiger partial charge in [0.15, 0.2) is 11.4 Å². The van der Waals surface area contributed by atoms with Crippen molar-refractivity contribution in [1.82, 2.24) is 34.6 Å². The Morgan fingerprint density at radius 1 is 1.17 bits per heavy atom. The number of nitriles is 1. The molecule has 0 atom stereocenters. The van der Waals surface area contributed by atoms with E-state index in [2.05, 4.69) is 20.5 Å². The SMILES string of the molecule is Cc1c(-n2nnnc2Sc2ccc(Cl)c(C#N)n2)c(=O)n(-c2ccccc2)n1C. The summed E-state index contributed by atoms with van der Waals surface area (Å²) in [5.41, 5.74) is 1.60. The molecule has 0 bridgehead atoms. The molecule has 0 saturated carbocycles. The van der Waals surface area contributed by atoms with Crippen LogP contribution in [0.15, 0.2) is 57.4 Å². The van der Waals surface area contributed by atoms with Crippen molar-refractivity contribution in [2.75, 3.05) is 0 Å². The number of hydrogen-bond donors (Lipinski definition) is 0. The van der Waals surface area contributed by atoms with E-state index in [1.54, 1.807) is 28.5 Å². The predicted molar refractivity (Wildman–Crippen MR) is 107 cm³/mol. The largest absolute Gasteiger partial charge is 0.297 e. The maximum atomic E-state index is 13.2. The molecule has 0 unspecified atom stereocenters. The highest BCUT2D eigenvalue weighted by atomic mass is 35.5. The molecule has 11 heteroatoms. The number of rotatable bonds is 4. The van der Waals surface area contributed by atoms with Gasteiger partial charge in [0.05, 0.1) is 16.4 Å². The molecule has 29 heavy (non-hydrogen) atoms. The Morgan fingerprint density at radius 3 is 2.66 bits per heavy atom. The van der Waals surface area contributed by atoms with Gasteiger partial charge in [-0.1, -0.05) is 29.8 Å². The fraction of sp³-hybridized carbons (Fsp3) is 0.111. The van der Waals surface area contributed by atoms with Crippen molar-refractivity contribution in [1.29, 1.82) is 5.26 Å². The standard InChI is InChI=1S/C18H13ClN8OS/c1-11-16(17(28)27(25(11)2)12-6-4-3-5-7-12)26-18(22-23-24-26)29-15-9-8-13(19)14(10-20)21-15/h3-9H,1-2H3. The van der Waals surface area contributed by atoms with Crippen LogP contribution in [0.1, 0.15) is 11.4 Å². The average molecular weight is 425 g/mol. The predicted octanol–water partition coefficient (Wildman–Crippen LogP) is 2.53. The Hall–Kier alpha value is -3.42. The lowest BCUT2D eigenvalue weighted by Crippen LogP contribution is -2.22. The fourth-order valence-electron chi connectivity index (χ4n) is 2.83. The van der Waals surface area contributed by atoms with Crippen molar-refractivity contribution >= 4 is 23.4 Å². The van der Waals surface area contributed by atoms with Crippen molar-refractivity contribution < 1.29 is 0 Å². The van der Waals surface area contributed by atoms with Crippen molar-refractivity contribution in [2.24, 2.45) is 7.05 Å². The van der Waals surface area contributed by atoms with Crippen LogP contribution < -0.4 is 5.56 Å². The van der Waals surface area contributed by atoms with Gasteiger partial charge in [-0.05, 0) is 53.4 Å². The normalized spacial score (nSPS) is 10.8. The number of benzene rings is 1. The molecule has 0 saturated heterocycles. The molecule has 0 aliphatic heterocycles. The molecular formula is C18H13ClN8OS. The molecule has 0 spiro atoms. The molecule has 1 aromatic carbocycles. The lowest BCUT2D eigenvalue weighted by Gasteiger charge is -2.07. The van der Waals surface area contributed by atoms with Crippen LogP contribution in [0.3, 0.4) is 0 Å². The van der Waals surface area contributed by atoms with Gasteiger partial charge < -0.3 is 0 Å². The first-order chi connectivity index (χ1) is 14.0. The second-order valence-corrected chi connectivity index (χ2v) is 7.37. The number of halogens is 1. The van der Waals surface area contributed by atoms with Gasteiger partial charge in [-0.3, -0.25) is 9.48 Å². The number of pyridine rings is 1. The third-order valence-corrected chi connectivity index (χ3v) is 5.48. The number of aromatic nitrogens is 7. The highest BCUT2D eigenvalue weighted by molar-refractivity contribution is 7.99. The average Bonchev–Trinajstić information content (AvgIpc) is 3.26. The zero-order chi connectivity index (χ0) is 20.5. The van der Waals surface area contributed by atoms with Crippen LogP contribution in [0.5, 0.6) is 0 Å². The summed E-state index contributed by atoms with van der Waals surface area (Å²) in [5, 5.41) is 21.9. The molecule has 0 radical (unpaired) electrons. The summed E-state index contributed by atoms with van der Waals surface area (Å²) >= 11 is 7.07. The van der Waals surface area contributed by atoms with Crippen molar-refractivity contribution in [2.45, 2.75) is 17.1 Å². The second-order valence-electron chi connectivity index (χ2n) is 5.98. The Kier molecular flexibility index (Phi) is 4.92. The molecule has 144 valence electrons. The van der Waals surface area contributed by atoms with E-state index in [0.717, 1.165) is 17.4 Å². The third kappa shape index (κ3) is 3.30. The van der Waals surface area contributed by atoms with Crippen LogP contribution in [0, 0.1) is 18.3 Å². The van der Waals surface area contributed by atoms with Crippen LogP contribution in [0.2, 0.25) is 5.02 Å². The van der Waals surface area contributed by atoms with E-state index < -0.39 is 0 Å². The summed E-state index contributed by atoms with van der Waals surface area (Å²) in [6.45, 7) is 1.82. The third-order valence-electron chi connectivity index (χ3n) is 4.30. The Balaban J connectivity index is 1.80. The first-order valence-corrected chi connectivity index (χ1v) is 9.58. The molecule has 0 aliphatic carbocycles. The molecule has 3 heterocycles. The summed E-state index contributed by atoms with van der Waals surface area (Å²) in [7, 11) is 1.80. The minimum atomic E-state index is -0.257. The van der Waals surface area contributed by atoms with E-state index in [4.69, 9.17) is 16.9 Å². The van der Waals surface area contributed by atoms with E-state index >= 15 is 0 Å². The van der Waals surface area contributed by atoms with Gasteiger partial charge in [0, 0.05) is 7.05 Å². The quantitative estimate of drug-likeness (QED) is 0.495. The molecule has 4 aromatic rings. The second kappa shape index (κ2) is 7.54. The van der Waals surface area contributed by atoms with Gasteiger partial charge in [-0.2, -0.15) is 9.94 Å². The van der Waals surface area contributed by atoms with Crippen molar-refractivity contribution in [3.8, 4) is 17.4 Å². The first-order valence-electron chi connectivity index (χ1n) is 8.38. The van der Waals surface area contributed by atoms with Crippen LogP contribution in [0.25, 0.3) is 11.4 Å². The van der Waals surface area contributed by atoms with Gasteiger partial charge in [0.1, 0.15) is 11.1 Å². The lowest BCUT2D eigenvalue weighted by atomic mass is 10.3. The number of hydrogen-bond acceptors (Lipinski definition) is 7. The molecular weight excluding hydrogens is 412 g/mol. The van der Waals surface area contributed by atoms with Crippen LogP contribution in [0.4, 0.5) is 0 Å². The summed E-state index contributed by atoms with van der Waals surface area (Å²) in [6.07, 6.45) is 0. The number of tetrazole rings is 1. The summed E-state index contributed by atoms with van der Waals surface area (Å²) < 4.78 is 4.68. The summed E-state index contributed by atoms with van der Waals surface area (Å²) in [4.78, 5) is 17.4. The van der Waals surface area contributed by atoms with Gasteiger partial charge in [-0.15, -0.1) is 5.10 Å². The van der Waals surface area contributed by atoms with E-state index in [1.807, 2.05) is 43.3 Å². The van der Waals surface area contributed by atoms with Crippen molar-refractivity contribution in [3.05, 3.63) is 69.2 Å². The Labute approximate surface area is 174 Å². The zero-order valence-corrected chi connectivity index (χ0v) is 16.9. The molecule has 0 N–H and O–H groups in total. The summed E-state index contributed by atoms with van der Waals surface area (Å²) in [5.74, 6) is 0. The highest BCUT2D eigenvalue weighted by Crippen LogP contribution is 2.27. The smallest absolute Gasteiger partial charge is 0.283 e. The molecule has 0 fully saturated rings. The van der Waals surface area contributed by atoms with Crippen LogP contribution in [-0.4, -0.2) is 34.6 Å². The fourth-order valence-corrected chi connectivity index (χ4v) is 3.73. The van der Waals surface area contributed by atoms with Crippen molar-refractivity contribution in [3.63, 3.8) is 0 Å². The monoisotopic (exact) mass is 424 g/mol. The van der Waals surface area contributed by atoms with E-state index in [9.17, 15) is 4.79 Å². The minimum absolute atomic E-state index is 0.109. The summed E-state index contributed by atoms with van der Waals surface area (Å²) in [6, 6.07) is 14.5.